The van der Waals surface area contributed by atoms with Crippen LogP contribution in [0.25, 0.3) is 0 Å². The maximum atomic E-state index is 5.61. The summed E-state index contributed by atoms with van der Waals surface area (Å²) >= 11 is 15.1. The van der Waals surface area contributed by atoms with E-state index >= 15 is 0 Å². The van der Waals surface area contributed by atoms with Crippen molar-refractivity contribution in [1.29, 1.82) is 0 Å². The van der Waals surface area contributed by atoms with Crippen LogP contribution in [0.1, 0.15) is 0 Å². The van der Waals surface area contributed by atoms with Crippen molar-refractivity contribution in [3.8, 4) is 0 Å². The van der Waals surface area contributed by atoms with Crippen LogP contribution >= 0.6 is 35.8 Å². The van der Waals surface area contributed by atoms with E-state index in [0.29, 0.717) is 15.1 Å². The number of nitrogens with zero attached hydrogens (tertiary/aromatic N) is 1. The van der Waals surface area contributed by atoms with Gasteiger partial charge in [0.2, 0.25) is 0 Å². The van der Waals surface area contributed by atoms with Gasteiger partial charge in [0, 0.05) is 40.6 Å². The molecule has 0 atom stereocenters. The Morgan fingerprint density at radius 3 is 2.40 bits per heavy atom. The molecular weight excluding hydrogens is 200 g/mol. The minimum Gasteiger partial charge on any atom is -0.243 e. The Balaban J connectivity index is 0.000000810. The topological polar surface area (TPSA) is 12.9 Å². The molecule has 1 radical (unpaired) electrons. The molecule has 1 rings (SSSR count). The Morgan fingerprint density at radius 1 is 1.40 bits per heavy atom. The van der Waals surface area contributed by atoms with Gasteiger partial charge in [0.1, 0.15) is 5.15 Å². The molecule has 0 fully saturated rings. The first-order chi connectivity index (χ1) is 4.22. The molecule has 1 heterocycles. The zero-order valence-corrected chi connectivity index (χ0v) is 9.71. The average Bonchev–Trinajstić information content (AvgIpc) is 1.83. The standard InChI is InChI=1S/C5H3Cl2NS.Na/c6-4-3(9)1-2-8-5(4)7;/h1-2H,(H,8,9);. The molecule has 0 aliphatic carbocycles. The first-order valence-electron chi connectivity index (χ1n) is 2.21. The number of hydrogen-bond acceptors (Lipinski definition) is 2. The molecule has 49 valence electrons. The van der Waals surface area contributed by atoms with Crippen LogP contribution in [0.3, 0.4) is 0 Å². The van der Waals surface area contributed by atoms with Gasteiger partial charge in [0.05, 0.1) is 5.02 Å². The zero-order chi connectivity index (χ0) is 6.85. The summed E-state index contributed by atoms with van der Waals surface area (Å²) in [5.41, 5.74) is 0. The molecule has 0 unspecified atom stereocenters. The molecule has 0 saturated heterocycles. The minimum absolute atomic E-state index is 0. The second kappa shape index (κ2) is 4.86. The van der Waals surface area contributed by atoms with Gasteiger partial charge in [0.15, 0.2) is 0 Å². The number of rotatable bonds is 0. The monoisotopic (exact) mass is 202 g/mol. The summed E-state index contributed by atoms with van der Waals surface area (Å²) in [5, 5.41) is 0.701. The third-order valence-electron chi connectivity index (χ3n) is 0.826. The molecular formula is C5H3Cl2NNaS. The molecule has 0 aliphatic rings. The minimum atomic E-state index is 0. The Kier molecular flexibility index (Phi) is 5.38. The van der Waals surface area contributed by atoms with Gasteiger partial charge in [-0.05, 0) is 6.07 Å². The molecule has 0 N–H and O–H groups in total. The van der Waals surface area contributed by atoms with E-state index in [9.17, 15) is 0 Å². The van der Waals surface area contributed by atoms with Crippen molar-refractivity contribution < 1.29 is 0 Å². The van der Waals surface area contributed by atoms with E-state index in [4.69, 9.17) is 23.2 Å². The summed E-state index contributed by atoms with van der Waals surface area (Å²) in [7, 11) is 0. The molecule has 1 nitrogen and oxygen atoms in total. The summed E-state index contributed by atoms with van der Waals surface area (Å²) in [4.78, 5) is 4.37. The Morgan fingerprint density at radius 2 is 2.00 bits per heavy atom. The van der Waals surface area contributed by atoms with Crippen molar-refractivity contribution in [1.82, 2.24) is 4.98 Å². The molecule has 1 aromatic rings. The van der Waals surface area contributed by atoms with E-state index in [-0.39, 0.29) is 29.6 Å². The number of aromatic nitrogens is 1. The number of hydrogen-bond donors (Lipinski definition) is 1. The molecule has 0 bridgehead atoms. The number of thiol groups is 1. The van der Waals surface area contributed by atoms with Gasteiger partial charge in [-0.15, -0.1) is 12.6 Å². The van der Waals surface area contributed by atoms with E-state index in [0.717, 1.165) is 0 Å². The van der Waals surface area contributed by atoms with Crippen LogP contribution < -0.4 is 0 Å². The quantitative estimate of drug-likeness (QED) is 0.387. The molecule has 0 aliphatic heterocycles. The van der Waals surface area contributed by atoms with Crippen LogP contribution in [-0.2, 0) is 0 Å². The van der Waals surface area contributed by atoms with Crippen molar-refractivity contribution in [2.24, 2.45) is 0 Å². The Bertz CT molecular complexity index is 211. The van der Waals surface area contributed by atoms with Gasteiger partial charge in [-0.3, -0.25) is 0 Å². The van der Waals surface area contributed by atoms with Gasteiger partial charge in [-0.25, -0.2) is 4.98 Å². The predicted octanol–water partition coefficient (Wildman–Crippen LogP) is 2.30. The van der Waals surface area contributed by atoms with Crippen molar-refractivity contribution >= 4 is 65.4 Å². The van der Waals surface area contributed by atoms with E-state index in [1.165, 1.54) is 0 Å². The fourth-order valence-corrected chi connectivity index (χ4v) is 0.917. The van der Waals surface area contributed by atoms with Crippen LogP contribution in [-0.4, -0.2) is 34.5 Å². The Labute approximate surface area is 96.8 Å². The Hall–Kier alpha value is 1.08. The molecule has 0 spiro atoms. The maximum Gasteiger partial charge on any atom is 0.148 e. The van der Waals surface area contributed by atoms with Crippen LogP contribution in [0, 0.1) is 0 Å². The average molecular weight is 203 g/mol. The normalized spacial score (nSPS) is 8.70. The van der Waals surface area contributed by atoms with E-state index in [1.807, 2.05) is 0 Å². The predicted molar refractivity (Wildman–Crippen MR) is 47.3 cm³/mol. The second-order valence-electron chi connectivity index (χ2n) is 1.43. The third-order valence-corrected chi connectivity index (χ3v) is 2.10. The molecule has 0 aromatic carbocycles. The van der Waals surface area contributed by atoms with E-state index in [1.54, 1.807) is 12.3 Å². The summed E-state index contributed by atoms with van der Waals surface area (Å²) < 4.78 is 0. The maximum absolute atomic E-state index is 5.61. The molecule has 5 heteroatoms. The van der Waals surface area contributed by atoms with Gasteiger partial charge in [-0.1, -0.05) is 23.2 Å². The van der Waals surface area contributed by atoms with E-state index < -0.39 is 0 Å². The summed E-state index contributed by atoms with van der Waals surface area (Å²) in [6, 6.07) is 1.68. The van der Waals surface area contributed by atoms with Crippen LogP contribution in [0.5, 0.6) is 0 Å². The van der Waals surface area contributed by atoms with Crippen molar-refractivity contribution in [2.75, 3.05) is 0 Å². The van der Waals surface area contributed by atoms with Gasteiger partial charge in [0.25, 0.3) is 0 Å². The zero-order valence-electron chi connectivity index (χ0n) is 5.31. The first-order valence-corrected chi connectivity index (χ1v) is 3.41. The summed E-state index contributed by atoms with van der Waals surface area (Å²) in [6.07, 6.45) is 1.55. The largest absolute Gasteiger partial charge is 0.243 e. The molecule has 0 saturated carbocycles. The van der Waals surface area contributed by atoms with Crippen molar-refractivity contribution in [3.05, 3.63) is 22.4 Å². The van der Waals surface area contributed by atoms with Crippen LogP contribution in [0.2, 0.25) is 10.2 Å². The smallest absolute Gasteiger partial charge is 0.148 e. The molecule has 10 heavy (non-hydrogen) atoms. The fourth-order valence-electron chi connectivity index (χ4n) is 0.409. The first kappa shape index (κ1) is 11.1. The fraction of sp³-hybridized carbons (Fsp3) is 0. The van der Waals surface area contributed by atoms with Crippen molar-refractivity contribution in [2.45, 2.75) is 4.90 Å². The SMILES string of the molecule is Sc1ccnc(Cl)c1Cl.[Na]. The van der Waals surface area contributed by atoms with Gasteiger partial charge >= 0.3 is 0 Å². The molecule has 0 amide bonds. The van der Waals surface area contributed by atoms with Crippen LogP contribution in [0.15, 0.2) is 17.2 Å². The number of pyridine rings is 1. The van der Waals surface area contributed by atoms with E-state index in [2.05, 4.69) is 17.6 Å². The number of halogens is 2. The molecule has 1 aromatic heterocycles. The van der Waals surface area contributed by atoms with Crippen LogP contribution in [0.4, 0.5) is 0 Å². The van der Waals surface area contributed by atoms with Gasteiger partial charge < -0.3 is 0 Å². The van der Waals surface area contributed by atoms with Crippen molar-refractivity contribution in [3.63, 3.8) is 0 Å². The third kappa shape index (κ3) is 2.61. The van der Waals surface area contributed by atoms with Gasteiger partial charge in [-0.2, -0.15) is 0 Å². The summed E-state index contributed by atoms with van der Waals surface area (Å²) in [6.45, 7) is 0. The summed E-state index contributed by atoms with van der Waals surface area (Å²) in [5.74, 6) is 0. The second-order valence-corrected chi connectivity index (χ2v) is 2.65.